The molecule has 3 rings (SSSR count). The van der Waals surface area contributed by atoms with Crippen LogP contribution in [-0.4, -0.2) is 64.9 Å². The van der Waals surface area contributed by atoms with Crippen LogP contribution in [0.1, 0.15) is 6.92 Å². The van der Waals surface area contributed by atoms with E-state index in [1.165, 1.54) is 28.4 Å². The number of hydrogen-bond acceptors (Lipinski definition) is 8. The van der Waals surface area contributed by atoms with Crippen molar-refractivity contribution in [2.24, 2.45) is 5.73 Å². The number of aromatic nitrogens is 4. The molecule has 4 N–H and O–H groups in total. The molecule has 0 radical (unpaired) electrons. The Kier molecular flexibility index (Phi) is 3.63. The molecule has 0 aromatic carbocycles. The average molecular weight is 328 g/mol. The molecule has 3 atom stereocenters. The molecule has 1 fully saturated rings. The van der Waals surface area contributed by atoms with Gasteiger partial charge in [0, 0.05) is 11.0 Å². The van der Waals surface area contributed by atoms with Crippen LogP contribution >= 0.6 is 23.5 Å². The van der Waals surface area contributed by atoms with Gasteiger partial charge < -0.3 is 10.8 Å². The number of β-lactam (4-membered cyclic amide) rings is 1. The molecular formula is C10H12N6O3S2. The van der Waals surface area contributed by atoms with Crippen molar-refractivity contribution in [2.45, 2.75) is 28.7 Å². The van der Waals surface area contributed by atoms with E-state index in [4.69, 9.17) is 5.73 Å². The zero-order valence-electron chi connectivity index (χ0n) is 10.9. The number of carbonyl (C=O) groups is 2. The maximum absolute atomic E-state index is 11.8. The average Bonchev–Trinajstić information content (AvgIpc) is 2.97. The minimum Gasteiger partial charge on any atom is -0.477 e. The highest BCUT2D eigenvalue weighted by molar-refractivity contribution is 8.01. The first-order valence-corrected chi connectivity index (χ1v) is 8.00. The van der Waals surface area contributed by atoms with Gasteiger partial charge in [0.1, 0.15) is 17.1 Å². The van der Waals surface area contributed by atoms with E-state index in [0.29, 0.717) is 16.5 Å². The molecule has 0 aliphatic carbocycles. The maximum atomic E-state index is 11.8. The summed E-state index contributed by atoms with van der Waals surface area (Å²) in [5, 5.41) is 22.9. The van der Waals surface area contributed by atoms with Gasteiger partial charge in [0.05, 0.1) is 0 Å². The highest BCUT2D eigenvalue weighted by Crippen LogP contribution is 2.42. The number of tetrazole rings is 1. The number of amides is 1. The number of thioether (sulfide) groups is 2. The zero-order chi connectivity index (χ0) is 15.1. The van der Waals surface area contributed by atoms with Gasteiger partial charge in [-0.2, -0.15) is 5.21 Å². The number of fused-ring (bicyclic) bond motifs is 1. The molecule has 9 nitrogen and oxygen atoms in total. The summed E-state index contributed by atoms with van der Waals surface area (Å²) in [5.74, 6) is -0.953. The summed E-state index contributed by atoms with van der Waals surface area (Å²) in [5.41, 5.74) is 6.41. The van der Waals surface area contributed by atoms with Crippen molar-refractivity contribution >= 4 is 35.4 Å². The Bertz CT molecular complexity index is 618. The van der Waals surface area contributed by atoms with Gasteiger partial charge >= 0.3 is 5.97 Å². The Balaban J connectivity index is 1.90. The van der Waals surface area contributed by atoms with Gasteiger partial charge in [-0.25, -0.2) is 4.79 Å². The highest BCUT2D eigenvalue weighted by Gasteiger charge is 2.52. The summed E-state index contributed by atoms with van der Waals surface area (Å²) in [6.07, 6.45) is 0. The van der Waals surface area contributed by atoms with Crippen molar-refractivity contribution in [2.75, 3.05) is 5.75 Å². The number of rotatable bonds is 4. The second kappa shape index (κ2) is 5.31. The first-order valence-electron chi connectivity index (χ1n) is 6.07. The van der Waals surface area contributed by atoms with E-state index in [1.807, 2.05) is 6.92 Å². The molecular weight excluding hydrogens is 316 g/mol. The normalized spacial score (nSPS) is 26.4. The summed E-state index contributed by atoms with van der Waals surface area (Å²) >= 11 is 2.76. The number of H-pyrrole nitrogens is 1. The van der Waals surface area contributed by atoms with E-state index in [9.17, 15) is 14.7 Å². The van der Waals surface area contributed by atoms with Gasteiger partial charge in [-0.15, -0.1) is 22.0 Å². The van der Waals surface area contributed by atoms with Gasteiger partial charge in [0.25, 0.3) is 0 Å². The minimum atomic E-state index is -1.11. The Morgan fingerprint density at radius 1 is 1.67 bits per heavy atom. The number of carboxylic acids is 1. The van der Waals surface area contributed by atoms with Crippen molar-refractivity contribution in [1.82, 2.24) is 25.5 Å². The molecule has 2 aliphatic rings. The molecule has 3 heterocycles. The Morgan fingerprint density at radius 3 is 3.05 bits per heavy atom. The van der Waals surface area contributed by atoms with Crippen LogP contribution in [0.4, 0.5) is 0 Å². The molecule has 11 heteroatoms. The Morgan fingerprint density at radius 2 is 2.43 bits per heavy atom. The number of aliphatic carboxylic acids is 1. The number of nitrogens with zero attached hydrogens (tertiary/aromatic N) is 4. The maximum Gasteiger partial charge on any atom is 0.352 e. The van der Waals surface area contributed by atoms with Crippen LogP contribution in [0.2, 0.25) is 0 Å². The first-order chi connectivity index (χ1) is 10.0. The van der Waals surface area contributed by atoms with Crippen molar-refractivity contribution in [3.8, 4) is 0 Å². The molecule has 0 bridgehead atoms. The van der Waals surface area contributed by atoms with E-state index in [2.05, 4.69) is 20.6 Å². The molecule has 1 aromatic heterocycles. The van der Waals surface area contributed by atoms with E-state index in [0.717, 1.165) is 0 Å². The highest BCUT2D eigenvalue weighted by atomic mass is 32.2. The molecule has 0 saturated carbocycles. The van der Waals surface area contributed by atoms with Crippen molar-refractivity contribution < 1.29 is 14.7 Å². The number of aromatic amines is 1. The van der Waals surface area contributed by atoms with Crippen molar-refractivity contribution in [1.29, 1.82) is 0 Å². The van der Waals surface area contributed by atoms with Crippen LogP contribution in [0, 0.1) is 0 Å². The summed E-state index contributed by atoms with van der Waals surface area (Å²) in [4.78, 5) is 24.7. The lowest BCUT2D eigenvalue weighted by atomic mass is 10.0. The molecule has 21 heavy (non-hydrogen) atoms. The van der Waals surface area contributed by atoms with Crippen LogP contribution < -0.4 is 5.73 Å². The summed E-state index contributed by atoms with van der Waals surface area (Å²) in [6.45, 7) is 1.85. The Labute approximate surface area is 127 Å². The largest absolute Gasteiger partial charge is 0.477 e. The Hall–Kier alpha value is -1.59. The SMILES string of the molecule is C[C@H](Sc1nn[nH]n1)C1=C(C(=O)O)N2C(=O)[C@H](N)[C@@H]2SC1. The predicted molar refractivity (Wildman–Crippen MR) is 75.2 cm³/mol. The van der Waals surface area contributed by atoms with Crippen LogP contribution in [0.25, 0.3) is 0 Å². The van der Waals surface area contributed by atoms with Gasteiger partial charge in [0.2, 0.25) is 11.1 Å². The second-order valence-corrected chi connectivity index (χ2v) is 6.98. The number of nitrogens with one attached hydrogen (secondary N) is 1. The minimum absolute atomic E-state index is 0.0361. The van der Waals surface area contributed by atoms with Crippen LogP contribution in [0.5, 0.6) is 0 Å². The van der Waals surface area contributed by atoms with E-state index < -0.39 is 12.0 Å². The second-order valence-electron chi connectivity index (χ2n) is 4.57. The molecule has 1 saturated heterocycles. The van der Waals surface area contributed by atoms with Crippen LogP contribution in [0.3, 0.4) is 0 Å². The van der Waals surface area contributed by atoms with Crippen LogP contribution in [-0.2, 0) is 9.59 Å². The lowest BCUT2D eigenvalue weighted by Crippen LogP contribution is -2.68. The standard InChI is InChI=1S/C10H12N6O3S2/c1-3(21-10-12-14-15-13-10)4-2-20-8-5(11)7(17)16(8)6(4)9(18)19/h3,5,8H,2,11H2,1H3,(H,18,19)(H,12,13,14,15)/t3-,5-,8-/m0/s1. The number of hydrogen-bond donors (Lipinski definition) is 3. The molecule has 0 unspecified atom stereocenters. The van der Waals surface area contributed by atoms with Crippen molar-refractivity contribution in [3.05, 3.63) is 11.3 Å². The number of carbonyl (C=O) groups excluding carboxylic acids is 1. The fourth-order valence-corrected chi connectivity index (χ4v) is 4.64. The molecule has 1 aromatic rings. The molecule has 2 aliphatic heterocycles. The third kappa shape index (κ3) is 2.30. The van der Waals surface area contributed by atoms with E-state index in [1.54, 1.807) is 0 Å². The van der Waals surface area contributed by atoms with Crippen LogP contribution in [0.15, 0.2) is 16.4 Å². The quantitative estimate of drug-likeness (QED) is 0.482. The number of carboxylic acid groups (broad SMARTS) is 1. The van der Waals surface area contributed by atoms with Gasteiger partial charge in [-0.1, -0.05) is 11.8 Å². The smallest absolute Gasteiger partial charge is 0.352 e. The molecule has 112 valence electrons. The third-order valence-corrected chi connectivity index (χ3v) is 5.69. The lowest BCUT2D eigenvalue weighted by molar-refractivity contribution is -0.148. The fourth-order valence-electron chi connectivity index (χ4n) is 2.28. The first kappa shape index (κ1) is 14.4. The lowest BCUT2D eigenvalue weighted by Gasteiger charge is -2.48. The summed E-state index contributed by atoms with van der Waals surface area (Å²) in [7, 11) is 0. The molecule has 0 spiro atoms. The van der Waals surface area contributed by atoms with Gasteiger partial charge in [0.15, 0.2) is 0 Å². The van der Waals surface area contributed by atoms with Gasteiger partial charge in [-0.05, 0) is 17.7 Å². The summed E-state index contributed by atoms with van der Waals surface area (Å²) in [6, 6.07) is -0.619. The molecule has 1 amide bonds. The van der Waals surface area contributed by atoms with E-state index in [-0.39, 0.29) is 22.2 Å². The monoisotopic (exact) mass is 328 g/mol. The van der Waals surface area contributed by atoms with Crippen molar-refractivity contribution in [3.63, 3.8) is 0 Å². The predicted octanol–water partition coefficient (Wildman–Crippen LogP) is -0.739. The number of nitrogens with two attached hydrogens (primary N) is 1. The summed E-state index contributed by atoms with van der Waals surface area (Å²) < 4.78 is 0. The topological polar surface area (TPSA) is 138 Å². The van der Waals surface area contributed by atoms with E-state index >= 15 is 0 Å². The third-order valence-electron chi connectivity index (χ3n) is 3.34. The fraction of sp³-hybridized carbons (Fsp3) is 0.500. The zero-order valence-corrected chi connectivity index (χ0v) is 12.5. The van der Waals surface area contributed by atoms with Gasteiger partial charge in [-0.3, -0.25) is 9.69 Å².